The Morgan fingerprint density at radius 3 is 2.68 bits per heavy atom. The van der Waals surface area contributed by atoms with Crippen molar-refractivity contribution in [3.8, 4) is 23.3 Å². The summed E-state index contributed by atoms with van der Waals surface area (Å²) >= 11 is 0. The SMILES string of the molecule is CC(C)Oc1ccc(-c2nc(N3CCc4cc(CN(C)CC(C(=O)O)C(C)(C)C)ccc43)no2)cc1C#N. The zero-order valence-corrected chi connectivity index (χ0v) is 22.9. The average Bonchev–Trinajstić information content (AvgIpc) is 3.48. The number of carboxylic acids is 1. The summed E-state index contributed by atoms with van der Waals surface area (Å²) < 4.78 is 11.3. The fourth-order valence-electron chi connectivity index (χ4n) is 4.72. The highest BCUT2D eigenvalue weighted by atomic mass is 16.5. The van der Waals surface area contributed by atoms with Crippen LogP contribution in [0.5, 0.6) is 5.75 Å². The molecule has 38 heavy (non-hydrogen) atoms. The minimum Gasteiger partial charge on any atom is -0.490 e. The van der Waals surface area contributed by atoms with Crippen LogP contribution in [0, 0.1) is 22.7 Å². The summed E-state index contributed by atoms with van der Waals surface area (Å²) in [6.07, 6.45) is 0.806. The fourth-order valence-corrected chi connectivity index (χ4v) is 4.72. The summed E-state index contributed by atoms with van der Waals surface area (Å²) in [5.74, 6) is 0.119. The molecule has 0 aliphatic carbocycles. The molecule has 1 atom stereocenters. The summed E-state index contributed by atoms with van der Waals surface area (Å²) in [6, 6.07) is 13.7. The van der Waals surface area contributed by atoms with Crippen molar-refractivity contribution in [3.63, 3.8) is 0 Å². The lowest BCUT2D eigenvalue weighted by Gasteiger charge is -2.31. The maximum absolute atomic E-state index is 11.8. The van der Waals surface area contributed by atoms with Crippen LogP contribution in [0.2, 0.25) is 0 Å². The zero-order chi connectivity index (χ0) is 27.6. The van der Waals surface area contributed by atoms with E-state index in [2.05, 4.69) is 39.3 Å². The second kappa shape index (κ2) is 10.8. The van der Waals surface area contributed by atoms with Gasteiger partial charge < -0.3 is 24.2 Å². The molecule has 1 aromatic heterocycles. The zero-order valence-electron chi connectivity index (χ0n) is 22.9. The lowest BCUT2D eigenvalue weighted by Crippen LogP contribution is -2.38. The van der Waals surface area contributed by atoms with Gasteiger partial charge in [-0.25, -0.2) is 0 Å². The van der Waals surface area contributed by atoms with Crippen LogP contribution >= 0.6 is 0 Å². The van der Waals surface area contributed by atoms with Gasteiger partial charge in [0.1, 0.15) is 11.8 Å². The first kappa shape index (κ1) is 27.1. The van der Waals surface area contributed by atoms with E-state index < -0.39 is 11.9 Å². The van der Waals surface area contributed by atoms with Crippen molar-refractivity contribution in [1.29, 1.82) is 5.26 Å². The summed E-state index contributed by atoms with van der Waals surface area (Å²) in [5.41, 5.74) is 4.10. The molecule has 9 nitrogen and oxygen atoms in total. The van der Waals surface area contributed by atoms with Gasteiger partial charge in [-0.15, -0.1) is 0 Å². The molecule has 200 valence electrons. The molecule has 2 heterocycles. The van der Waals surface area contributed by atoms with Crippen LogP contribution in [-0.4, -0.2) is 52.4 Å². The highest BCUT2D eigenvalue weighted by molar-refractivity contribution is 5.71. The number of aliphatic carboxylic acids is 1. The molecular weight excluding hydrogens is 482 g/mol. The van der Waals surface area contributed by atoms with E-state index in [-0.39, 0.29) is 11.5 Å². The Labute approximate surface area is 223 Å². The second-order valence-electron chi connectivity index (χ2n) is 11.2. The lowest BCUT2D eigenvalue weighted by atomic mass is 9.80. The first-order valence-electron chi connectivity index (χ1n) is 12.8. The van der Waals surface area contributed by atoms with Gasteiger partial charge in [0, 0.05) is 30.9 Å². The molecular formula is C29H35N5O4. The van der Waals surface area contributed by atoms with Crippen LogP contribution < -0.4 is 9.64 Å². The monoisotopic (exact) mass is 517 g/mol. The molecule has 1 aliphatic heterocycles. The molecule has 1 unspecified atom stereocenters. The number of hydrogen-bond donors (Lipinski definition) is 1. The molecule has 0 saturated heterocycles. The summed E-state index contributed by atoms with van der Waals surface area (Å²) in [4.78, 5) is 20.5. The van der Waals surface area contributed by atoms with Crippen LogP contribution in [-0.2, 0) is 17.8 Å². The van der Waals surface area contributed by atoms with Gasteiger partial charge in [-0.3, -0.25) is 4.79 Å². The van der Waals surface area contributed by atoms with E-state index in [1.807, 2.05) is 52.6 Å². The average molecular weight is 518 g/mol. The Morgan fingerprint density at radius 1 is 1.26 bits per heavy atom. The number of fused-ring (bicyclic) bond motifs is 1. The normalized spacial score (nSPS) is 14.0. The van der Waals surface area contributed by atoms with Crippen molar-refractivity contribution in [2.75, 3.05) is 25.0 Å². The van der Waals surface area contributed by atoms with Crippen molar-refractivity contribution in [2.24, 2.45) is 11.3 Å². The summed E-state index contributed by atoms with van der Waals surface area (Å²) in [5, 5.41) is 23.4. The summed E-state index contributed by atoms with van der Waals surface area (Å²) in [6.45, 7) is 11.6. The minimum absolute atomic E-state index is 0.0377. The van der Waals surface area contributed by atoms with E-state index in [0.717, 1.165) is 24.2 Å². The summed E-state index contributed by atoms with van der Waals surface area (Å²) in [7, 11) is 1.96. The first-order valence-corrected chi connectivity index (χ1v) is 12.8. The third-order valence-electron chi connectivity index (χ3n) is 6.70. The number of ether oxygens (including phenoxy) is 1. The number of nitriles is 1. The standard InChI is InChI=1S/C29H35N5O4/c1-18(2)37-25-10-8-21(14-22(25)15-30)26-31-28(32-38-26)34-12-11-20-13-19(7-9-24(20)34)16-33(6)17-23(27(35)36)29(3,4)5/h7-10,13-14,18,23H,11-12,16-17H2,1-6H3,(H,35,36). The van der Waals surface area contributed by atoms with E-state index in [1.165, 1.54) is 5.56 Å². The van der Waals surface area contributed by atoms with Crippen LogP contribution in [0.3, 0.4) is 0 Å². The molecule has 9 heteroatoms. The number of benzene rings is 2. The molecule has 0 fully saturated rings. The molecule has 2 aromatic carbocycles. The van der Waals surface area contributed by atoms with Gasteiger partial charge in [-0.2, -0.15) is 10.2 Å². The molecule has 0 saturated carbocycles. The number of rotatable bonds is 9. The topological polar surface area (TPSA) is 116 Å². The van der Waals surface area contributed by atoms with Crippen molar-refractivity contribution in [1.82, 2.24) is 15.0 Å². The van der Waals surface area contributed by atoms with E-state index in [0.29, 0.717) is 41.8 Å². The maximum atomic E-state index is 11.8. The van der Waals surface area contributed by atoms with E-state index in [1.54, 1.807) is 12.1 Å². The van der Waals surface area contributed by atoms with E-state index >= 15 is 0 Å². The molecule has 0 amide bonds. The molecule has 1 N–H and O–H groups in total. The minimum atomic E-state index is -0.767. The number of aromatic nitrogens is 2. The van der Waals surface area contributed by atoms with Gasteiger partial charge in [-0.1, -0.05) is 32.9 Å². The van der Waals surface area contributed by atoms with Crippen LogP contribution in [0.25, 0.3) is 11.5 Å². The Hall–Kier alpha value is -3.90. The largest absolute Gasteiger partial charge is 0.490 e. The van der Waals surface area contributed by atoms with Crippen molar-refractivity contribution < 1.29 is 19.2 Å². The lowest BCUT2D eigenvalue weighted by molar-refractivity contribution is -0.146. The number of nitrogens with zero attached hydrogens (tertiary/aromatic N) is 5. The molecule has 4 rings (SSSR count). The first-order chi connectivity index (χ1) is 18.0. The van der Waals surface area contributed by atoms with Gasteiger partial charge in [0.15, 0.2) is 0 Å². The van der Waals surface area contributed by atoms with Gasteiger partial charge in [0.05, 0.1) is 17.6 Å². The highest BCUT2D eigenvalue weighted by Gasteiger charge is 2.32. The van der Waals surface area contributed by atoms with Crippen molar-refractivity contribution in [2.45, 2.75) is 53.7 Å². The third kappa shape index (κ3) is 5.97. The Balaban J connectivity index is 1.48. The van der Waals surface area contributed by atoms with Gasteiger partial charge in [0.25, 0.3) is 11.8 Å². The Bertz CT molecular complexity index is 1350. The molecule has 3 aromatic rings. The van der Waals surface area contributed by atoms with Crippen LogP contribution in [0.4, 0.5) is 11.6 Å². The Kier molecular flexibility index (Phi) is 7.74. The van der Waals surface area contributed by atoms with Gasteiger partial charge >= 0.3 is 5.97 Å². The van der Waals surface area contributed by atoms with Crippen LogP contribution in [0.1, 0.15) is 51.3 Å². The Morgan fingerprint density at radius 2 is 2.03 bits per heavy atom. The van der Waals surface area contributed by atoms with Crippen LogP contribution in [0.15, 0.2) is 40.9 Å². The number of anilines is 2. The third-order valence-corrected chi connectivity index (χ3v) is 6.70. The van der Waals surface area contributed by atoms with E-state index in [4.69, 9.17) is 9.26 Å². The number of carbonyl (C=O) groups is 1. The predicted octanol–water partition coefficient (Wildman–Crippen LogP) is 5.27. The van der Waals surface area contributed by atoms with Gasteiger partial charge in [-0.05, 0) is 73.3 Å². The van der Waals surface area contributed by atoms with Gasteiger partial charge in [0.2, 0.25) is 0 Å². The molecule has 0 spiro atoms. The van der Waals surface area contributed by atoms with Crippen molar-refractivity contribution in [3.05, 3.63) is 53.1 Å². The molecule has 0 bridgehead atoms. The number of carboxylic acid groups (broad SMARTS) is 1. The maximum Gasteiger partial charge on any atom is 0.308 e. The predicted molar refractivity (Wildman–Crippen MR) is 144 cm³/mol. The molecule has 1 aliphatic rings. The fraction of sp³-hybridized carbons (Fsp3) is 0.448. The second-order valence-corrected chi connectivity index (χ2v) is 11.2. The van der Waals surface area contributed by atoms with Crippen molar-refractivity contribution >= 4 is 17.6 Å². The highest BCUT2D eigenvalue weighted by Crippen LogP contribution is 2.35. The smallest absolute Gasteiger partial charge is 0.308 e. The number of hydrogen-bond acceptors (Lipinski definition) is 8. The van der Waals surface area contributed by atoms with E-state index in [9.17, 15) is 15.2 Å². The quantitative estimate of drug-likeness (QED) is 0.405. The molecule has 0 radical (unpaired) electrons.